The number of nitrogens with zero attached hydrogens (tertiary/aromatic N) is 2. The fraction of sp³-hybridized carbons (Fsp3) is 0.333. The van der Waals surface area contributed by atoms with E-state index in [1.165, 1.54) is 17.2 Å². The molecule has 0 fully saturated rings. The number of pyridine rings is 1. The zero-order chi connectivity index (χ0) is 11.4. The summed E-state index contributed by atoms with van der Waals surface area (Å²) in [5.41, 5.74) is 0.202. The molecule has 6 heteroatoms. The molecule has 3 nitrogen and oxygen atoms in total. The Morgan fingerprint density at radius 3 is 2.73 bits per heavy atom. The van der Waals surface area contributed by atoms with Gasteiger partial charge in [0.25, 0.3) is 11.7 Å². The summed E-state index contributed by atoms with van der Waals surface area (Å²) in [6, 6.07) is 3.03. The van der Waals surface area contributed by atoms with Crippen molar-refractivity contribution in [3.63, 3.8) is 0 Å². The molecular formula is C9H10F2N2OS. The maximum Gasteiger partial charge on any atom is 0.290 e. The fourth-order valence-corrected chi connectivity index (χ4v) is 1.55. The number of aromatic nitrogens is 1. The van der Waals surface area contributed by atoms with Gasteiger partial charge < -0.3 is 4.90 Å². The Hall–Kier alpha value is -1.17. The number of thioether (sulfide) groups is 1. The van der Waals surface area contributed by atoms with E-state index in [0.717, 1.165) is 0 Å². The molecule has 1 rings (SSSR count). The monoisotopic (exact) mass is 232 g/mol. The smallest absolute Gasteiger partial charge is 0.290 e. The quantitative estimate of drug-likeness (QED) is 0.748. The number of hydrogen-bond donors (Lipinski definition) is 0. The number of alkyl halides is 2. The Labute approximate surface area is 90.5 Å². The minimum atomic E-state index is -2.58. The molecule has 0 radical (unpaired) electrons. The second-order valence-corrected chi connectivity index (χ2v) is 3.91. The van der Waals surface area contributed by atoms with Crippen molar-refractivity contribution in [2.75, 3.05) is 14.1 Å². The number of amides is 1. The highest BCUT2D eigenvalue weighted by atomic mass is 32.2. The van der Waals surface area contributed by atoms with E-state index in [1.54, 1.807) is 20.2 Å². The van der Waals surface area contributed by atoms with Crippen molar-refractivity contribution in [1.29, 1.82) is 0 Å². The second kappa shape index (κ2) is 5.06. The highest BCUT2D eigenvalue weighted by Gasteiger charge is 2.17. The first-order chi connectivity index (χ1) is 7.02. The predicted molar refractivity (Wildman–Crippen MR) is 54.1 cm³/mol. The number of halogens is 2. The van der Waals surface area contributed by atoms with Crippen LogP contribution in [0.1, 0.15) is 10.4 Å². The van der Waals surface area contributed by atoms with E-state index in [2.05, 4.69) is 4.98 Å². The molecule has 0 bridgehead atoms. The van der Waals surface area contributed by atoms with Crippen molar-refractivity contribution < 1.29 is 13.6 Å². The number of carbonyl (C=O) groups excluding carboxylic acids is 1. The van der Waals surface area contributed by atoms with Gasteiger partial charge >= 0.3 is 0 Å². The molecule has 1 aromatic heterocycles. The van der Waals surface area contributed by atoms with Crippen LogP contribution in [0.25, 0.3) is 0 Å². The number of rotatable bonds is 3. The summed E-state index contributed by atoms with van der Waals surface area (Å²) in [5.74, 6) is -2.90. The van der Waals surface area contributed by atoms with Gasteiger partial charge in [-0.2, -0.15) is 8.78 Å². The van der Waals surface area contributed by atoms with Crippen LogP contribution in [0.15, 0.2) is 23.4 Å². The SMILES string of the molecule is CN(C)C(=O)c1cccnc1SC(F)F. The van der Waals surface area contributed by atoms with Crippen LogP contribution < -0.4 is 0 Å². The summed E-state index contributed by atoms with van der Waals surface area (Å²) in [5, 5.41) is 0.0613. The highest BCUT2D eigenvalue weighted by Crippen LogP contribution is 2.26. The molecule has 1 amide bonds. The molecule has 0 N–H and O–H groups in total. The van der Waals surface area contributed by atoms with Gasteiger partial charge in [0.15, 0.2) is 0 Å². The van der Waals surface area contributed by atoms with Crippen LogP contribution in [-0.4, -0.2) is 35.6 Å². The molecule has 0 aromatic carbocycles. The molecule has 0 saturated carbocycles. The lowest BCUT2D eigenvalue weighted by molar-refractivity contribution is 0.0823. The molecule has 0 aliphatic rings. The second-order valence-electron chi connectivity index (χ2n) is 2.93. The summed E-state index contributed by atoms with van der Waals surface area (Å²) in [4.78, 5) is 16.7. The Bertz CT molecular complexity index is 358. The van der Waals surface area contributed by atoms with Crippen molar-refractivity contribution >= 4 is 17.7 Å². The van der Waals surface area contributed by atoms with Gasteiger partial charge in [0, 0.05) is 20.3 Å². The minimum absolute atomic E-state index is 0.0613. The predicted octanol–water partition coefficient (Wildman–Crippen LogP) is 2.10. The lowest BCUT2D eigenvalue weighted by Gasteiger charge is -2.12. The third-order valence-corrected chi connectivity index (χ3v) is 2.34. The van der Waals surface area contributed by atoms with Gasteiger partial charge in [0.2, 0.25) is 0 Å². The maximum atomic E-state index is 12.2. The Balaban J connectivity index is 3.01. The van der Waals surface area contributed by atoms with Gasteiger partial charge in [-0.25, -0.2) is 4.98 Å². The summed E-state index contributed by atoms with van der Waals surface area (Å²) in [7, 11) is 3.12. The van der Waals surface area contributed by atoms with Crippen LogP contribution in [0.5, 0.6) is 0 Å². The van der Waals surface area contributed by atoms with Gasteiger partial charge in [0.1, 0.15) is 5.03 Å². The van der Waals surface area contributed by atoms with Gasteiger partial charge in [-0.3, -0.25) is 4.79 Å². The maximum absolute atomic E-state index is 12.2. The van der Waals surface area contributed by atoms with Crippen LogP contribution in [0, 0.1) is 0 Å². The minimum Gasteiger partial charge on any atom is -0.345 e. The van der Waals surface area contributed by atoms with E-state index in [4.69, 9.17) is 0 Å². The van der Waals surface area contributed by atoms with Crippen LogP contribution in [-0.2, 0) is 0 Å². The van der Waals surface area contributed by atoms with E-state index in [9.17, 15) is 13.6 Å². The van der Waals surface area contributed by atoms with E-state index in [-0.39, 0.29) is 28.3 Å². The van der Waals surface area contributed by atoms with Crippen molar-refractivity contribution in [1.82, 2.24) is 9.88 Å². The first-order valence-corrected chi connectivity index (χ1v) is 5.02. The van der Waals surface area contributed by atoms with E-state index >= 15 is 0 Å². The molecule has 0 atom stereocenters. The lowest BCUT2D eigenvalue weighted by atomic mass is 10.2. The van der Waals surface area contributed by atoms with Gasteiger partial charge in [-0.1, -0.05) is 0 Å². The third-order valence-electron chi connectivity index (χ3n) is 1.61. The van der Waals surface area contributed by atoms with Crippen molar-refractivity contribution in [3.05, 3.63) is 23.9 Å². The molecule has 82 valence electrons. The lowest BCUT2D eigenvalue weighted by Crippen LogP contribution is -2.22. The number of carbonyl (C=O) groups is 1. The first kappa shape index (κ1) is 11.9. The van der Waals surface area contributed by atoms with E-state index in [1.807, 2.05) is 0 Å². The fourth-order valence-electron chi connectivity index (χ4n) is 0.973. The van der Waals surface area contributed by atoms with Crippen LogP contribution in [0.2, 0.25) is 0 Å². The molecule has 0 saturated heterocycles. The Morgan fingerprint density at radius 1 is 1.53 bits per heavy atom. The Kier molecular flexibility index (Phi) is 4.02. The molecule has 0 aliphatic heterocycles. The normalized spacial score (nSPS) is 10.5. The standard InChI is InChI=1S/C9H10F2N2OS/c1-13(2)8(14)6-4-3-5-12-7(6)15-9(10)11/h3-5,9H,1-2H3. The van der Waals surface area contributed by atoms with Crippen molar-refractivity contribution in [2.45, 2.75) is 10.8 Å². The van der Waals surface area contributed by atoms with E-state index < -0.39 is 5.76 Å². The van der Waals surface area contributed by atoms with Gasteiger partial charge in [0.05, 0.1) is 5.56 Å². The summed E-state index contributed by atoms with van der Waals surface area (Å²) >= 11 is 0.279. The summed E-state index contributed by atoms with van der Waals surface area (Å²) < 4.78 is 24.3. The third kappa shape index (κ3) is 3.16. The van der Waals surface area contributed by atoms with Crippen LogP contribution >= 0.6 is 11.8 Å². The molecule has 0 spiro atoms. The average molecular weight is 232 g/mol. The zero-order valence-electron chi connectivity index (χ0n) is 8.28. The molecule has 1 heterocycles. The van der Waals surface area contributed by atoms with Crippen molar-refractivity contribution in [2.24, 2.45) is 0 Å². The van der Waals surface area contributed by atoms with Gasteiger partial charge in [-0.15, -0.1) is 0 Å². The topological polar surface area (TPSA) is 33.2 Å². The average Bonchev–Trinajstić information content (AvgIpc) is 2.16. The largest absolute Gasteiger partial charge is 0.345 e. The molecule has 15 heavy (non-hydrogen) atoms. The Morgan fingerprint density at radius 2 is 2.20 bits per heavy atom. The number of hydrogen-bond acceptors (Lipinski definition) is 3. The summed E-state index contributed by atoms with van der Waals surface area (Å²) in [6.07, 6.45) is 1.39. The molecular weight excluding hydrogens is 222 g/mol. The van der Waals surface area contributed by atoms with Crippen LogP contribution in [0.4, 0.5) is 8.78 Å². The van der Waals surface area contributed by atoms with Gasteiger partial charge in [-0.05, 0) is 23.9 Å². The zero-order valence-corrected chi connectivity index (χ0v) is 9.09. The van der Waals surface area contributed by atoms with Crippen molar-refractivity contribution in [3.8, 4) is 0 Å². The van der Waals surface area contributed by atoms with Crippen LogP contribution in [0.3, 0.4) is 0 Å². The summed E-state index contributed by atoms with van der Waals surface area (Å²) in [6.45, 7) is 0. The molecule has 0 aliphatic carbocycles. The molecule has 1 aromatic rings. The highest BCUT2D eigenvalue weighted by molar-refractivity contribution is 7.99. The first-order valence-electron chi connectivity index (χ1n) is 4.14. The molecule has 0 unspecified atom stereocenters. The van der Waals surface area contributed by atoms with E-state index in [0.29, 0.717) is 0 Å².